The van der Waals surface area contributed by atoms with Gasteiger partial charge in [0.05, 0.1) is 12.5 Å². The summed E-state index contributed by atoms with van der Waals surface area (Å²) in [5, 5.41) is 10.0. The third-order valence-corrected chi connectivity index (χ3v) is 2.69. The molecule has 1 aromatic heterocycles. The van der Waals surface area contributed by atoms with Gasteiger partial charge in [0.25, 0.3) is 0 Å². The second-order valence-electron chi connectivity index (χ2n) is 3.95. The largest absolute Gasteiger partial charge is 0.472 e. The van der Waals surface area contributed by atoms with Gasteiger partial charge in [0, 0.05) is 5.56 Å². The van der Waals surface area contributed by atoms with Gasteiger partial charge >= 0.3 is 0 Å². The Hall–Kier alpha value is -1.54. The first-order chi connectivity index (χ1) is 7.81. The molecule has 16 heavy (non-hydrogen) atoms. The van der Waals surface area contributed by atoms with Crippen molar-refractivity contribution in [2.75, 3.05) is 0 Å². The molecule has 0 radical (unpaired) electrons. The van der Waals surface area contributed by atoms with Crippen LogP contribution in [-0.2, 0) is 6.42 Å². The number of furan rings is 1. The lowest BCUT2D eigenvalue weighted by atomic mass is 10.0. The molecule has 0 unspecified atom stereocenters. The summed E-state index contributed by atoms with van der Waals surface area (Å²) in [6.07, 6.45) is 4.79. The Kier molecular flexibility index (Phi) is 3.42. The number of benzene rings is 1. The first kappa shape index (κ1) is 11.0. The van der Waals surface area contributed by atoms with E-state index in [-0.39, 0.29) is 0 Å². The molecule has 1 atom stereocenters. The topological polar surface area (TPSA) is 33.4 Å². The van der Waals surface area contributed by atoms with Crippen molar-refractivity contribution in [3.63, 3.8) is 0 Å². The number of hydrogen-bond acceptors (Lipinski definition) is 2. The van der Waals surface area contributed by atoms with Crippen LogP contribution in [0.2, 0.25) is 0 Å². The van der Waals surface area contributed by atoms with Crippen LogP contribution >= 0.6 is 0 Å². The molecule has 0 aliphatic carbocycles. The molecule has 84 valence electrons. The van der Waals surface area contributed by atoms with E-state index in [2.05, 4.69) is 19.1 Å². The fourth-order valence-corrected chi connectivity index (χ4v) is 1.78. The third kappa shape index (κ3) is 2.34. The normalized spacial score (nSPS) is 12.6. The molecular weight excluding hydrogens is 200 g/mol. The van der Waals surface area contributed by atoms with Crippen LogP contribution in [0.5, 0.6) is 0 Å². The molecule has 1 heterocycles. The highest BCUT2D eigenvalue weighted by molar-refractivity contribution is 5.30. The summed E-state index contributed by atoms with van der Waals surface area (Å²) in [6.45, 7) is 2.16. The summed E-state index contributed by atoms with van der Waals surface area (Å²) in [5.41, 5.74) is 3.01. The summed E-state index contributed by atoms with van der Waals surface area (Å²) in [4.78, 5) is 0. The quantitative estimate of drug-likeness (QED) is 0.850. The number of aryl methyl sites for hydroxylation is 1. The Morgan fingerprint density at radius 3 is 2.44 bits per heavy atom. The van der Waals surface area contributed by atoms with Gasteiger partial charge < -0.3 is 9.52 Å². The molecule has 0 amide bonds. The van der Waals surface area contributed by atoms with Crippen molar-refractivity contribution in [1.82, 2.24) is 0 Å². The van der Waals surface area contributed by atoms with Crippen LogP contribution in [0.1, 0.15) is 36.1 Å². The van der Waals surface area contributed by atoms with Gasteiger partial charge in [-0.3, -0.25) is 0 Å². The molecule has 0 bridgehead atoms. The standard InChI is InChI=1S/C14H16O2/c1-2-3-11-4-6-12(7-5-11)14(15)13-8-9-16-10-13/h4-10,14-15H,2-3H2,1H3/t14-/m0/s1. The summed E-state index contributed by atoms with van der Waals surface area (Å²) in [5.74, 6) is 0. The van der Waals surface area contributed by atoms with Crippen molar-refractivity contribution in [3.8, 4) is 0 Å². The Morgan fingerprint density at radius 2 is 1.88 bits per heavy atom. The maximum Gasteiger partial charge on any atom is 0.107 e. The summed E-state index contributed by atoms with van der Waals surface area (Å²) >= 11 is 0. The van der Waals surface area contributed by atoms with E-state index in [0.29, 0.717) is 0 Å². The highest BCUT2D eigenvalue weighted by Gasteiger charge is 2.10. The minimum atomic E-state index is -0.588. The van der Waals surface area contributed by atoms with Gasteiger partial charge in [-0.1, -0.05) is 37.6 Å². The molecule has 0 aliphatic rings. The molecule has 1 N–H and O–H groups in total. The predicted octanol–water partition coefficient (Wildman–Crippen LogP) is 3.31. The average molecular weight is 216 g/mol. The molecule has 0 aliphatic heterocycles. The maximum atomic E-state index is 10.0. The van der Waals surface area contributed by atoms with E-state index in [0.717, 1.165) is 24.0 Å². The minimum absolute atomic E-state index is 0.588. The average Bonchev–Trinajstić information content (AvgIpc) is 2.83. The Morgan fingerprint density at radius 1 is 1.12 bits per heavy atom. The van der Waals surface area contributed by atoms with Gasteiger partial charge in [-0.2, -0.15) is 0 Å². The lowest BCUT2D eigenvalue weighted by Crippen LogP contribution is -1.98. The Bertz CT molecular complexity index is 415. The fourth-order valence-electron chi connectivity index (χ4n) is 1.78. The molecule has 0 saturated heterocycles. The van der Waals surface area contributed by atoms with Gasteiger partial charge in [0.1, 0.15) is 6.10 Å². The summed E-state index contributed by atoms with van der Waals surface area (Å²) < 4.78 is 4.96. The number of rotatable bonds is 4. The van der Waals surface area contributed by atoms with Crippen LogP contribution in [0.3, 0.4) is 0 Å². The van der Waals surface area contributed by atoms with Crippen LogP contribution in [0.25, 0.3) is 0 Å². The number of aliphatic hydroxyl groups excluding tert-OH is 1. The Labute approximate surface area is 95.5 Å². The van der Waals surface area contributed by atoms with Gasteiger partial charge in [-0.25, -0.2) is 0 Å². The summed E-state index contributed by atoms with van der Waals surface area (Å²) in [7, 11) is 0. The van der Waals surface area contributed by atoms with Gasteiger partial charge in [-0.15, -0.1) is 0 Å². The van der Waals surface area contributed by atoms with Crippen LogP contribution < -0.4 is 0 Å². The third-order valence-electron chi connectivity index (χ3n) is 2.69. The van der Waals surface area contributed by atoms with E-state index < -0.39 is 6.10 Å². The fraction of sp³-hybridized carbons (Fsp3) is 0.286. The number of aliphatic hydroxyl groups is 1. The van der Waals surface area contributed by atoms with Crippen molar-refractivity contribution >= 4 is 0 Å². The van der Waals surface area contributed by atoms with E-state index in [9.17, 15) is 5.11 Å². The van der Waals surface area contributed by atoms with Crippen molar-refractivity contribution in [2.24, 2.45) is 0 Å². The predicted molar refractivity (Wildman–Crippen MR) is 63.2 cm³/mol. The molecule has 0 saturated carbocycles. The monoisotopic (exact) mass is 216 g/mol. The lowest BCUT2D eigenvalue weighted by molar-refractivity contribution is 0.219. The van der Waals surface area contributed by atoms with E-state index in [4.69, 9.17) is 4.42 Å². The SMILES string of the molecule is CCCc1ccc([C@H](O)c2ccoc2)cc1. The van der Waals surface area contributed by atoms with Crippen LogP contribution in [0.4, 0.5) is 0 Å². The van der Waals surface area contributed by atoms with Crippen molar-refractivity contribution in [3.05, 3.63) is 59.5 Å². The van der Waals surface area contributed by atoms with E-state index in [1.807, 2.05) is 12.1 Å². The van der Waals surface area contributed by atoms with E-state index in [1.54, 1.807) is 18.6 Å². The second-order valence-corrected chi connectivity index (χ2v) is 3.95. The molecule has 2 nitrogen and oxygen atoms in total. The molecular formula is C14H16O2. The van der Waals surface area contributed by atoms with Crippen LogP contribution in [-0.4, -0.2) is 5.11 Å². The lowest BCUT2D eigenvalue weighted by Gasteiger charge is -2.09. The molecule has 2 aromatic rings. The van der Waals surface area contributed by atoms with Gasteiger partial charge in [0.2, 0.25) is 0 Å². The van der Waals surface area contributed by atoms with Crippen molar-refractivity contribution in [2.45, 2.75) is 25.9 Å². The zero-order chi connectivity index (χ0) is 11.4. The minimum Gasteiger partial charge on any atom is -0.472 e. The zero-order valence-corrected chi connectivity index (χ0v) is 9.39. The highest BCUT2D eigenvalue weighted by atomic mass is 16.3. The smallest absolute Gasteiger partial charge is 0.107 e. The van der Waals surface area contributed by atoms with Crippen molar-refractivity contribution < 1.29 is 9.52 Å². The van der Waals surface area contributed by atoms with Crippen LogP contribution in [0, 0.1) is 0 Å². The Balaban J connectivity index is 2.15. The first-order valence-electron chi connectivity index (χ1n) is 5.60. The van der Waals surface area contributed by atoms with E-state index >= 15 is 0 Å². The molecule has 0 spiro atoms. The number of hydrogen-bond donors (Lipinski definition) is 1. The summed E-state index contributed by atoms with van der Waals surface area (Å²) in [6, 6.07) is 9.88. The highest BCUT2D eigenvalue weighted by Crippen LogP contribution is 2.22. The van der Waals surface area contributed by atoms with Crippen molar-refractivity contribution in [1.29, 1.82) is 0 Å². The zero-order valence-electron chi connectivity index (χ0n) is 9.39. The van der Waals surface area contributed by atoms with Gasteiger partial charge in [0.15, 0.2) is 0 Å². The molecule has 2 rings (SSSR count). The second kappa shape index (κ2) is 4.99. The first-order valence-corrected chi connectivity index (χ1v) is 5.60. The van der Waals surface area contributed by atoms with E-state index in [1.165, 1.54) is 5.56 Å². The van der Waals surface area contributed by atoms with Crippen LogP contribution in [0.15, 0.2) is 47.3 Å². The molecule has 1 aromatic carbocycles. The molecule has 2 heteroatoms. The van der Waals surface area contributed by atoms with Gasteiger partial charge in [-0.05, 0) is 23.6 Å². The maximum absolute atomic E-state index is 10.0. The molecule has 0 fully saturated rings.